The second-order valence-electron chi connectivity index (χ2n) is 7.40. The van der Waals surface area contributed by atoms with Crippen LogP contribution in [0.1, 0.15) is 64.6 Å². The summed E-state index contributed by atoms with van der Waals surface area (Å²) in [5.41, 5.74) is 0.493. The van der Waals surface area contributed by atoms with Gasteiger partial charge in [-0.25, -0.2) is 0 Å². The second-order valence-corrected chi connectivity index (χ2v) is 8.38. The summed E-state index contributed by atoms with van der Waals surface area (Å²) < 4.78 is 24.6. The first-order valence-corrected chi connectivity index (χ1v) is 11.7. The number of hydrogen-bond acceptors (Lipinski definition) is 6. The third-order valence-corrected chi connectivity index (χ3v) is 5.84. The molecule has 0 bridgehead atoms. The van der Waals surface area contributed by atoms with Gasteiger partial charge in [-0.15, -0.1) is 11.3 Å². The Kier molecular flexibility index (Phi) is 9.94. The van der Waals surface area contributed by atoms with Crippen LogP contribution in [-0.2, 0) is 18.9 Å². The van der Waals surface area contributed by atoms with Crippen molar-refractivity contribution in [3.05, 3.63) is 58.3 Å². The highest BCUT2D eigenvalue weighted by Gasteiger charge is 2.51. The number of benzene rings is 1. The standard InChI is InChI=1S/C20H24O5S.2C2H6/c1-20(2,12-21)17-16-14(23-19(25-17)15-9-6-10-26-15)11-22-18(24-16)13-7-4-3-5-8-13;2*1-2/h3-10,14,16-19,21H,11-12H2,1-2H3;2*1-2H3/t14-,16+,17-,18?,19?;;/m0../s1. The van der Waals surface area contributed by atoms with Gasteiger partial charge in [-0.1, -0.05) is 77.9 Å². The summed E-state index contributed by atoms with van der Waals surface area (Å²) in [6, 6.07) is 13.8. The highest BCUT2D eigenvalue weighted by atomic mass is 32.1. The van der Waals surface area contributed by atoms with E-state index in [2.05, 4.69) is 0 Å². The molecule has 0 spiro atoms. The molecule has 1 N–H and O–H groups in total. The summed E-state index contributed by atoms with van der Waals surface area (Å²) >= 11 is 1.59. The molecule has 0 radical (unpaired) electrons. The molecule has 2 saturated heterocycles. The molecule has 5 nitrogen and oxygen atoms in total. The number of ether oxygens (including phenoxy) is 4. The summed E-state index contributed by atoms with van der Waals surface area (Å²) in [5.74, 6) is 0. The molecule has 5 atom stereocenters. The molecule has 30 heavy (non-hydrogen) atoms. The second kappa shape index (κ2) is 11.9. The maximum Gasteiger partial charge on any atom is 0.194 e. The van der Waals surface area contributed by atoms with Gasteiger partial charge in [0.1, 0.15) is 12.2 Å². The smallest absolute Gasteiger partial charge is 0.194 e. The fourth-order valence-electron chi connectivity index (χ4n) is 3.39. The molecule has 168 valence electrons. The van der Waals surface area contributed by atoms with Crippen LogP contribution in [0.5, 0.6) is 0 Å². The van der Waals surface area contributed by atoms with E-state index in [9.17, 15) is 5.11 Å². The van der Waals surface area contributed by atoms with E-state index in [4.69, 9.17) is 18.9 Å². The molecule has 0 aliphatic carbocycles. The Morgan fingerprint density at radius 2 is 1.63 bits per heavy atom. The maximum absolute atomic E-state index is 9.93. The minimum Gasteiger partial charge on any atom is -0.396 e. The molecule has 2 unspecified atom stereocenters. The first-order valence-electron chi connectivity index (χ1n) is 10.9. The topological polar surface area (TPSA) is 57.2 Å². The predicted octanol–water partition coefficient (Wildman–Crippen LogP) is 5.72. The third kappa shape index (κ3) is 5.69. The van der Waals surface area contributed by atoms with E-state index < -0.39 is 18.0 Å². The highest BCUT2D eigenvalue weighted by molar-refractivity contribution is 7.10. The van der Waals surface area contributed by atoms with Crippen molar-refractivity contribution in [3.63, 3.8) is 0 Å². The Morgan fingerprint density at radius 1 is 0.933 bits per heavy atom. The summed E-state index contributed by atoms with van der Waals surface area (Å²) in [4.78, 5) is 1.01. The lowest BCUT2D eigenvalue weighted by molar-refractivity contribution is -0.376. The lowest BCUT2D eigenvalue weighted by Crippen LogP contribution is -2.59. The van der Waals surface area contributed by atoms with Crippen LogP contribution in [0.15, 0.2) is 47.8 Å². The minimum atomic E-state index is -0.471. The van der Waals surface area contributed by atoms with E-state index in [1.807, 2.05) is 89.4 Å². The van der Waals surface area contributed by atoms with Crippen LogP contribution in [0, 0.1) is 5.41 Å². The molecule has 2 aromatic rings. The zero-order valence-corrected chi connectivity index (χ0v) is 19.7. The van der Waals surface area contributed by atoms with Crippen molar-refractivity contribution in [2.75, 3.05) is 13.2 Å². The molecule has 2 fully saturated rings. The van der Waals surface area contributed by atoms with E-state index in [0.29, 0.717) is 6.61 Å². The quantitative estimate of drug-likeness (QED) is 0.665. The number of thiophene rings is 1. The van der Waals surface area contributed by atoms with Gasteiger partial charge in [0, 0.05) is 11.0 Å². The monoisotopic (exact) mass is 436 g/mol. The van der Waals surface area contributed by atoms with Gasteiger partial charge >= 0.3 is 0 Å². The van der Waals surface area contributed by atoms with Gasteiger partial charge in [0.05, 0.1) is 24.2 Å². The Balaban J connectivity index is 0.000000757. The largest absolute Gasteiger partial charge is 0.396 e. The molecule has 3 heterocycles. The van der Waals surface area contributed by atoms with Gasteiger partial charge in [-0.05, 0) is 11.4 Å². The summed E-state index contributed by atoms with van der Waals surface area (Å²) in [6.07, 6.45) is -1.79. The molecule has 1 aromatic carbocycles. The molecular formula is C24H36O5S. The van der Waals surface area contributed by atoms with Crippen LogP contribution in [0.3, 0.4) is 0 Å². The maximum atomic E-state index is 9.93. The molecule has 4 rings (SSSR count). The third-order valence-electron chi connectivity index (χ3n) is 4.95. The lowest BCUT2D eigenvalue weighted by Gasteiger charge is -2.50. The summed E-state index contributed by atoms with van der Waals surface area (Å²) in [5, 5.41) is 11.9. The van der Waals surface area contributed by atoms with Crippen LogP contribution < -0.4 is 0 Å². The van der Waals surface area contributed by atoms with Crippen molar-refractivity contribution in [2.24, 2.45) is 5.41 Å². The van der Waals surface area contributed by atoms with Crippen LogP contribution >= 0.6 is 11.3 Å². The van der Waals surface area contributed by atoms with Crippen molar-refractivity contribution in [1.29, 1.82) is 0 Å². The normalized spacial score (nSPS) is 28.3. The van der Waals surface area contributed by atoms with Gasteiger partial charge in [-0.3, -0.25) is 0 Å². The van der Waals surface area contributed by atoms with Crippen molar-refractivity contribution < 1.29 is 24.1 Å². The molecule has 2 aliphatic rings. The zero-order chi connectivity index (χ0) is 22.1. The number of hydrogen-bond donors (Lipinski definition) is 1. The Morgan fingerprint density at radius 3 is 2.23 bits per heavy atom. The van der Waals surface area contributed by atoms with Crippen molar-refractivity contribution in [1.82, 2.24) is 0 Å². The average Bonchev–Trinajstić information content (AvgIpc) is 3.36. The van der Waals surface area contributed by atoms with Crippen LogP contribution in [0.25, 0.3) is 0 Å². The summed E-state index contributed by atoms with van der Waals surface area (Å²) in [6.45, 7) is 12.4. The fourth-order valence-corrected chi connectivity index (χ4v) is 4.09. The van der Waals surface area contributed by atoms with Crippen molar-refractivity contribution >= 4 is 11.3 Å². The SMILES string of the molecule is CC.CC.CC(C)(CO)[C@H]1OC(c2cccs2)O[C@H]2COC(c3ccccc3)O[C@H]21. The molecule has 2 aliphatic heterocycles. The fraction of sp³-hybridized carbons (Fsp3) is 0.583. The van der Waals surface area contributed by atoms with Crippen molar-refractivity contribution in [3.8, 4) is 0 Å². The predicted molar refractivity (Wildman–Crippen MR) is 120 cm³/mol. The Bertz CT molecular complexity index is 704. The highest BCUT2D eigenvalue weighted by Crippen LogP contribution is 2.43. The van der Waals surface area contributed by atoms with Crippen LogP contribution in [-0.4, -0.2) is 36.6 Å². The van der Waals surface area contributed by atoms with Crippen molar-refractivity contribution in [2.45, 2.75) is 72.4 Å². The number of rotatable bonds is 4. The van der Waals surface area contributed by atoms with Crippen LogP contribution in [0.2, 0.25) is 0 Å². The van der Waals surface area contributed by atoms with Gasteiger partial charge < -0.3 is 24.1 Å². The number of aliphatic hydroxyl groups excluding tert-OH is 1. The van der Waals surface area contributed by atoms with E-state index >= 15 is 0 Å². The van der Waals surface area contributed by atoms with Gasteiger partial charge in [-0.2, -0.15) is 0 Å². The first-order chi connectivity index (χ1) is 14.6. The van der Waals surface area contributed by atoms with Gasteiger partial charge in [0.15, 0.2) is 12.6 Å². The lowest BCUT2D eigenvalue weighted by atomic mass is 9.81. The van der Waals surface area contributed by atoms with E-state index in [-0.39, 0.29) is 24.9 Å². The minimum absolute atomic E-state index is 0.00172. The molecule has 0 amide bonds. The van der Waals surface area contributed by atoms with E-state index in [1.54, 1.807) is 11.3 Å². The first kappa shape index (κ1) is 25.0. The molecular weight excluding hydrogens is 400 g/mol. The Hall–Kier alpha value is -1.28. The van der Waals surface area contributed by atoms with Gasteiger partial charge in [0.2, 0.25) is 0 Å². The summed E-state index contributed by atoms with van der Waals surface area (Å²) in [7, 11) is 0. The molecule has 0 saturated carbocycles. The van der Waals surface area contributed by atoms with Crippen LogP contribution in [0.4, 0.5) is 0 Å². The van der Waals surface area contributed by atoms with E-state index in [0.717, 1.165) is 10.4 Å². The zero-order valence-electron chi connectivity index (χ0n) is 18.9. The molecule has 6 heteroatoms. The molecule has 1 aromatic heterocycles. The van der Waals surface area contributed by atoms with E-state index in [1.165, 1.54) is 0 Å². The number of fused-ring (bicyclic) bond motifs is 1. The Labute approximate surface area is 184 Å². The number of aliphatic hydroxyl groups is 1. The van der Waals surface area contributed by atoms with Gasteiger partial charge in [0.25, 0.3) is 0 Å². The average molecular weight is 437 g/mol.